The summed E-state index contributed by atoms with van der Waals surface area (Å²) in [5, 5.41) is 0.618. The molecule has 2 rings (SSSR count). The first-order chi connectivity index (χ1) is 12.7. The summed E-state index contributed by atoms with van der Waals surface area (Å²) in [7, 11) is 0. The van der Waals surface area contributed by atoms with Crippen molar-refractivity contribution in [1.29, 1.82) is 0 Å². The SMILES string of the molecule is CCOC(=O)C(C)(C)Oc1ccc(CN(C(C)=O)c2ccc(Cl)cc2)cc1. The molecule has 0 spiro atoms. The standard InChI is InChI=1S/C21H24ClNO4/c1-5-26-20(25)21(3,4)27-19-12-6-16(7-13-19)14-23(15(2)24)18-10-8-17(22)9-11-18/h6-13H,5,14H2,1-4H3. The third-order valence-electron chi connectivity index (χ3n) is 3.92. The van der Waals surface area contributed by atoms with E-state index in [4.69, 9.17) is 21.1 Å². The Hall–Kier alpha value is -2.53. The number of rotatable bonds is 7. The van der Waals surface area contributed by atoms with Gasteiger partial charge in [-0.1, -0.05) is 23.7 Å². The Bertz CT molecular complexity index is 785. The van der Waals surface area contributed by atoms with Crippen molar-refractivity contribution >= 4 is 29.2 Å². The van der Waals surface area contributed by atoms with Gasteiger partial charge in [0.05, 0.1) is 13.2 Å². The summed E-state index contributed by atoms with van der Waals surface area (Å²) >= 11 is 5.92. The second kappa shape index (κ2) is 8.91. The van der Waals surface area contributed by atoms with E-state index in [1.807, 2.05) is 24.3 Å². The van der Waals surface area contributed by atoms with E-state index in [1.165, 1.54) is 6.92 Å². The zero-order chi connectivity index (χ0) is 20.0. The van der Waals surface area contributed by atoms with E-state index in [9.17, 15) is 9.59 Å². The molecule has 0 aromatic heterocycles. The molecule has 1 amide bonds. The molecule has 0 saturated carbocycles. The van der Waals surface area contributed by atoms with E-state index >= 15 is 0 Å². The molecule has 0 unspecified atom stereocenters. The maximum Gasteiger partial charge on any atom is 0.349 e. The van der Waals surface area contributed by atoms with Gasteiger partial charge in [-0.3, -0.25) is 4.79 Å². The predicted molar refractivity (Wildman–Crippen MR) is 106 cm³/mol. The monoisotopic (exact) mass is 389 g/mol. The summed E-state index contributed by atoms with van der Waals surface area (Å²) in [4.78, 5) is 25.6. The van der Waals surface area contributed by atoms with Crippen molar-refractivity contribution in [2.45, 2.75) is 39.8 Å². The zero-order valence-corrected chi connectivity index (χ0v) is 16.7. The van der Waals surface area contributed by atoms with Crippen LogP contribution in [0.3, 0.4) is 0 Å². The molecule has 0 atom stereocenters. The number of hydrogen-bond acceptors (Lipinski definition) is 4. The summed E-state index contributed by atoms with van der Waals surface area (Å²) in [5.41, 5.74) is 0.629. The van der Waals surface area contributed by atoms with Crippen LogP contribution in [0.4, 0.5) is 5.69 Å². The van der Waals surface area contributed by atoms with Crippen molar-refractivity contribution in [3.8, 4) is 5.75 Å². The van der Waals surface area contributed by atoms with Gasteiger partial charge in [0.2, 0.25) is 5.91 Å². The Morgan fingerprint density at radius 1 is 1.04 bits per heavy atom. The second-order valence-corrected chi connectivity index (χ2v) is 6.99. The van der Waals surface area contributed by atoms with Gasteiger partial charge < -0.3 is 14.4 Å². The van der Waals surface area contributed by atoms with Crippen LogP contribution >= 0.6 is 11.6 Å². The largest absolute Gasteiger partial charge is 0.476 e. The molecule has 0 saturated heterocycles. The molecular formula is C21H24ClNO4. The molecule has 5 nitrogen and oxygen atoms in total. The highest BCUT2D eigenvalue weighted by Crippen LogP contribution is 2.23. The fraction of sp³-hybridized carbons (Fsp3) is 0.333. The molecule has 0 heterocycles. The molecule has 0 aliphatic rings. The lowest BCUT2D eigenvalue weighted by Crippen LogP contribution is -2.39. The van der Waals surface area contributed by atoms with Crippen LogP contribution in [-0.4, -0.2) is 24.1 Å². The first-order valence-corrected chi connectivity index (χ1v) is 9.09. The Morgan fingerprint density at radius 2 is 1.63 bits per heavy atom. The molecule has 0 aliphatic heterocycles. The van der Waals surface area contributed by atoms with E-state index < -0.39 is 11.6 Å². The van der Waals surface area contributed by atoms with E-state index in [1.54, 1.807) is 49.9 Å². The predicted octanol–water partition coefficient (Wildman–Crippen LogP) is 4.61. The van der Waals surface area contributed by atoms with E-state index in [0.29, 0.717) is 23.9 Å². The van der Waals surface area contributed by atoms with Gasteiger partial charge in [-0.25, -0.2) is 4.79 Å². The first-order valence-electron chi connectivity index (χ1n) is 8.72. The van der Waals surface area contributed by atoms with Gasteiger partial charge in [0, 0.05) is 17.6 Å². The number of halogens is 1. The number of amides is 1. The van der Waals surface area contributed by atoms with Crippen molar-refractivity contribution < 1.29 is 19.1 Å². The Labute approximate surface area is 164 Å². The third-order valence-corrected chi connectivity index (χ3v) is 4.17. The molecule has 2 aromatic rings. The first kappa shape index (κ1) is 20.8. The normalized spacial score (nSPS) is 11.0. The van der Waals surface area contributed by atoms with Crippen LogP contribution in [0, 0.1) is 0 Å². The van der Waals surface area contributed by atoms with Crippen LogP contribution in [0.25, 0.3) is 0 Å². The Kier molecular flexibility index (Phi) is 6.86. The number of ether oxygens (including phenoxy) is 2. The number of carbonyl (C=O) groups is 2. The van der Waals surface area contributed by atoms with Gasteiger partial charge in [0.15, 0.2) is 5.60 Å². The molecule has 0 bridgehead atoms. The maximum atomic E-state index is 12.0. The molecular weight excluding hydrogens is 366 g/mol. The lowest BCUT2D eigenvalue weighted by Gasteiger charge is -2.24. The van der Waals surface area contributed by atoms with Gasteiger partial charge in [-0.15, -0.1) is 0 Å². The van der Waals surface area contributed by atoms with Crippen LogP contribution in [0.15, 0.2) is 48.5 Å². The number of hydrogen-bond donors (Lipinski definition) is 0. The summed E-state index contributed by atoms with van der Waals surface area (Å²) in [5.74, 6) is 0.0679. The van der Waals surface area contributed by atoms with Crippen LogP contribution in [0.1, 0.15) is 33.3 Å². The van der Waals surface area contributed by atoms with Crippen molar-refractivity contribution in [3.63, 3.8) is 0 Å². The lowest BCUT2D eigenvalue weighted by atomic mass is 10.1. The molecule has 27 heavy (non-hydrogen) atoms. The highest BCUT2D eigenvalue weighted by Gasteiger charge is 2.31. The van der Waals surface area contributed by atoms with E-state index in [0.717, 1.165) is 11.3 Å². The summed E-state index contributed by atoms with van der Waals surface area (Å²) in [6.07, 6.45) is 0. The maximum absolute atomic E-state index is 12.0. The minimum Gasteiger partial charge on any atom is -0.476 e. The number of carbonyl (C=O) groups excluding carboxylic acids is 2. The number of nitrogens with zero attached hydrogens (tertiary/aromatic N) is 1. The van der Waals surface area contributed by atoms with Crippen LogP contribution in [-0.2, 0) is 20.9 Å². The van der Waals surface area contributed by atoms with Crippen molar-refractivity contribution in [3.05, 3.63) is 59.1 Å². The molecule has 0 fully saturated rings. The number of esters is 1. The topological polar surface area (TPSA) is 55.8 Å². The molecule has 0 radical (unpaired) electrons. The lowest BCUT2D eigenvalue weighted by molar-refractivity contribution is -0.158. The molecule has 0 aliphatic carbocycles. The van der Waals surface area contributed by atoms with Crippen LogP contribution in [0.2, 0.25) is 5.02 Å². The van der Waals surface area contributed by atoms with E-state index in [-0.39, 0.29) is 5.91 Å². The van der Waals surface area contributed by atoms with Crippen LogP contribution < -0.4 is 9.64 Å². The quantitative estimate of drug-likeness (QED) is 0.648. The highest BCUT2D eigenvalue weighted by molar-refractivity contribution is 6.30. The average Bonchev–Trinajstić information content (AvgIpc) is 2.61. The fourth-order valence-corrected chi connectivity index (χ4v) is 2.62. The third kappa shape index (κ3) is 5.73. The molecule has 144 valence electrons. The summed E-state index contributed by atoms with van der Waals surface area (Å²) < 4.78 is 10.8. The van der Waals surface area contributed by atoms with Crippen LogP contribution in [0.5, 0.6) is 5.75 Å². The highest BCUT2D eigenvalue weighted by atomic mass is 35.5. The molecule has 0 N–H and O–H groups in total. The van der Waals surface area contributed by atoms with Gasteiger partial charge >= 0.3 is 5.97 Å². The Morgan fingerprint density at radius 3 is 2.15 bits per heavy atom. The van der Waals surface area contributed by atoms with Gasteiger partial charge in [-0.2, -0.15) is 0 Å². The fourth-order valence-electron chi connectivity index (χ4n) is 2.49. The smallest absolute Gasteiger partial charge is 0.349 e. The Balaban J connectivity index is 2.10. The van der Waals surface area contributed by atoms with Gasteiger partial charge in [-0.05, 0) is 62.7 Å². The summed E-state index contributed by atoms with van der Waals surface area (Å²) in [6.45, 7) is 7.32. The van der Waals surface area contributed by atoms with Gasteiger partial charge in [0.1, 0.15) is 5.75 Å². The second-order valence-electron chi connectivity index (χ2n) is 6.56. The van der Waals surface area contributed by atoms with Crippen molar-refractivity contribution in [1.82, 2.24) is 0 Å². The van der Waals surface area contributed by atoms with Crippen molar-refractivity contribution in [2.75, 3.05) is 11.5 Å². The molecule has 6 heteroatoms. The van der Waals surface area contributed by atoms with Gasteiger partial charge in [0.25, 0.3) is 0 Å². The average molecular weight is 390 g/mol. The van der Waals surface area contributed by atoms with E-state index in [2.05, 4.69) is 0 Å². The van der Waals surface area contributed by atoms with Crippen molar-refractivity contribution in [2.24, 2.45) is 0 Å². The number of anilines is 1. The summed E-state index contributed by atoms with van der Waals surface area (Å²) in [6, 6.07) is 14.4. The minimum atomic E-state index is -1.08. The minimum absolute atomic E-state index is 0.0684. The number of benzene rings is 2. The zero-order valence-electron chi connectivity index (χ0n) is 16.0. The molecule has 2 aromatic carbocycles.